The van der Waals surface area contributed by atoms with Crippen molar-refractivity contribution < 1.29 is 27.1 Å². The third-order valence-electron chi connectivity index (χ3n) is 7.66. The number of rotatable bonds is 7. The fourth-order valence-corrected chi connectivity index (χ4v) is 5.23. The number of nitrogens with one attached hydrogen (secondary N) is 3. The minimum Gasteiger partial charge on any atom is -0.456 e. The monoisotopic (exact) mass is 582 g/mol. The molecule has 1 aliphatic carbocycles. The van der Waals surface area contributed by atoms with Gasteiger partial charge in [0.1, 0.15) is 23.0 Å². The standard InChI is InChI=1S/C30H30F4N6O2/c1-39-10-12-40(13-11-39)17-19-4-5-20(14-23(19)30(32,33)34)37-29(41)38-25-7-6-21(15-24(25)31)42-26-8-9-35-28-27(26)22(16-36-28)18-2-3-18/h4-9,14-16,18H,2-3,10-13,17H2,1H3,(H,35,36)(H2,37,38,41). The van der Waals surface area contributed by atoms with Gasteiger partial charge in [-0.25, -0.2) is 14.2 Å². The topological polar surface area (TPSA) is 85.5 Å². The molecule has 12 heteroatoms. The molecule has 0 radical (unpaired) electrons. The van der Waals surface area contributed by atoms with Crippen LogP contribution in [0.3, 0.4) is 0 Å². The first-order chi connectivity index (χ1) is 20.1. The van der Waals surface area contributed by atoms with Gasteiger partial charge in [0, 0.05) is 56.9 Å². The molecule has 0 bridgehead atoms. The number of pyridine rings is 1. The Labute approximate surface area is 239 Å². The number of carbonyl (C=O) groups is 1. The number of urea groups is 1. The van der Waals surface area contributed by atoms with Crippen LogP contribution >= 0.6 is 0 Å². The largest absolute Gasteiger partial charge is 0.456 e. The van der Waals surface area contributed by atoms with Gasteiger partial charge in [-0.15, -0.1) is 0 Å². The number of fused-ring (bicyclic) bond motifs is 1. The SMILES string of the molecule is CN1CCN(Cc2ccc(NC(=O)Nc3ccc(Oc4ccnc5[nH]cc(C6CC6)c45)cc3F)cc2C(F)(F)F)CC1. The second kappa shape index (κ2) is 11.3. The molecule has 1 saturated heterocycles. The fraction of sp³-hybridized carbons (Fsp3) is 0.333. The Morgan fingerprint density at radius 1 is 1.07 bits per heavy atom. The summed E-state index contributed by atoms with van der Waals surface area (Å²) in [7, 11) is 1.98. The number of likely N-dealkylation sites (N-methyl/N-ethyl adjacent to an activating group) is 1. The highest BCUT2D eigenvalue weighted by atomic mass is 19.4. The molecule has 4 aromatic rings. The Hall–Kier alpha value is -4.16. The van der Waals surface area contributed by atoms with E-state index < -0.39 is 23.6 Å². The predicted molar refractivity (Wildman–Crippen MR) is 151 cm³/mol. The van der Waals surface area contributed by atoms with E-state index in [2.05, 4.69) is 25.5 Å². The number of aromatic nitrogens is 2. The molecule has 0 spiro atoms. The van der Waals surface area contributed by atoms with Crippen LogP contribution in [0.5, 0.6) is 11.5 Å². The van der Waals surface area contributed by atoms with E-state index in [-0.39, 0.29) is 29.2 Å². The Morgan fingerprint density at radius 3 is 2.57 bits per heavy atom. The molecule has 42 heavy (non-hydrogen) atoms. The smallest absolute Gasteiger partial charge is 0.416 e. The molecule has 2 fully saturated rings. The van der Waals surface area contributed by atoms with Crippen molar-refractivity contribution in [2.24, 2.45) is 0 Å². The second-order valence-corrected chi connectivity index (χ2v) is 10.8. The van der Waals surface area contributed by atoms with Crippen LogP contribution < -0.4 is 15.4 Å². The zero-order valence-electron chi connectivity index (χ0n) is 22.9. The van der Waals surface area contributed by atoms with E-state index in [1.54, 1.807) is 12.3 Å². The lowest BCUT2D eigenvalue weighted by Gasteiger charge is -2.33. The number of aromatic amines is 1. The van der Waals surface area contributed by atoms with E-state index in [4.69, 9.17) is 4.74 Å². The summed E-state index contributed by atoms with van der Waals surface area (Å²) in [4.78, 5) is 24.2. The predicted octanol–water partition coefficient (Wildman–Crippen LogP) is 6.78. The number of nitrogens with zero attached hydrogens (tertiary/aromatic N) is 3. The Kier molecular flexibility index (Phi) is 7.50. The van der Waals surface area contributed by atoms with Crippen LogP contribution in [0.2, 0.25) is 0 Å². The number of hydrogen-bond donors (Lipinski definition) is 3. The zero-order valence-corrected chi connectivity index (χ0v) is 22.9. The molecule has 2 aromatic heterocycles. The van der Waals surface area contributed by atoms with Crippen molar-refractivity contribution in [3.05, 3.63) is 77.4 Å². The first-order valence-electron chi connectivity index (χ1n) is 13.8. The molecule has 1 aliphatic heterocycles. The second-order valence-electron chi connectivity index (χ2n) is 10.8. The number of alkyl halides is 3. The van der Waals surface area contributed by atoms with Crippen LogP contribution in [0.15, 0.2) is 54.9 Å². The highest BCUT2D eigenvalue weighted by Crippen LogP contribution is 2.45. The molecule has 8 nitrogen and oxygen atoms in total. The van der Waals surface area contributed by atoms with Crippen LogP contribution in [-0.4, -0.2) is 59.0 Å². The van der Waals surface area contributed by atoms with Gasteiger partial charge in [-0.05, 0) is 67.3 Å². The minimum atomic E-state index is -4.60. The highest BCUT2D eigenvalue weighted by Gasteiger charge is 2.34. The summed E-state index contributed by atoms with van der Waals surface area (Å²) in [6, 6.07) is 8.51. The van der Waals surface area contributed by atoms with Crippen LogP contribution in [0.25, 0.3) is 11.0 Å². The van der Waals surface area contributed by atoms with Crippen molar-refractivity contribution in [1.29, 1.82) is 0 Å². The Morgan fingerprint density at radius 2 is 1.86 bits per heavy atom. The van der Waals surface area contributed by atoms with Crippen LogP contribution in [0, 0.1) is 5.82 Å². The van der Waals surface area contributed by atoms with Crippen molar-refractivity contribution in [2.45, 2.75) is 31.5 Å². The lowest BCUT2D eigenvalue weighted by molar-refractivity contribution is -0.138. The van der Waals surface area contributed by atoms with Gasteiger partial charge >= 0.3 is 12.2 Å². The average Bonchev–Trinajstić information content (AvgIpc) is 3.70. The molecule has 3 N–H and O–H groups in total. The van der Waals surface area contributed by atoms with Crippen molar-refractivity contribution in [2.75, 3.05) is 43.9 Å². The van der Waals surface area contributed by atoms with E-state index in [9.17, 15) is 22.4 Å². The van der Waals surface area contributed by atoms with E-state index >= 15 is 0 Å². The number of benzene rings is 2. The number of carbonyl (C=O) groups excluding carboxylic acids is 1. The molecular weight excluding hydrogens is 552 g/mol. The molecule has 2 amide bonds. The quantitative estimate of drug-likeness (QED) is 0.209. The number of anilines is 2. The summed E-state index contributed by atoms with van der Waals surface area (Å²) in [5.74, 6) is 0.452. The molecule has 2 aromatic carbocycles. The molecule has 2 aliphatic rings. The molecule has 1 saturated carbocycles. The van der Waals surface area contributed by atoms with Crippen LogP contribution in [-0.2, 0) is 12.7 Å². The van der Waals surface area contributed by atoms with Gasteiger partial charge in [0.05, 0.1) is 16.6 Å². The number of halogens is 4. The maximum absolute atomic E-state index is 14.9. The zero-order chi connectivity index (χ0) is 29.4. The summed E-state index contributed by atoms with van der Waals surface area (Å²) in [5.41, 5.74) is 0.916. The van der Waals surface area contributed by atoms with Gasteiger partial charge in [0.25, 0.3) is 0 Å². The van der Waals surface area contributed by atoms with Crippen LogP contribution in [0.1, 0.15) is 35.4 Å². The molecule has 3 heterocycles. The van der Waals surface area contributed by atoms with Gasteiger partial charge in [-0.3, -0.25) is 4.90 Å². The summed E-state index contributed by atoms with van der Waals surface area (Å²) >= 11 is 0. The van der Waals surface area contributed by atoms with Gasteiger partial charge in [0.2, 0.25) is 0 Å². The molecule has 0 unspecified atom stereocenters. The first kappa shape index (κ1) is 28.0. The summed E-state index contributed by atoms with van der Waals surface area (Å²) in [6.07, 6.45) is 1.11. The van der Waals surface area contributed by atoms with Gasteiger partial charge in [0.15, 0.2) is 0 Å². The van der Waals surface area contributed by atoms with Crippen molar-refractivity contribution >= 4 is 28.4 Å². The molecule has 220 valence electrons. The van der Waals surface area contributed by atoms with E-state index in [0.29, 0.717) is 30.4 Å². The van der Waals surface area contributed by atoms with Gasteiger partial charge < -0.3 is 25.3 Å². The molecular formula is C30H30F4N6O2. The molecule has 6 rings (SSSR count). The number of ether oxygens (including phenoxy) is 1. The summed E-state index contributed by atoms with van der Waals surface area (Å²) < 4.78 is 62.6. The number of hydrogen-bond acceptors (Lipinski definition) is 5. The van der Waals surface area contributed by atoms with E-state index in [1.165, 1.54) is 24.3 Å². The first-order valence-corrected chi connectivity index (χ1v) is 13.8. The lowest BCUT2D eigenvalue weighted by atomic mass is 10.0. The van der Waals surface area contributed by atoms with Gasteiger partial charge in [-0.2, -0.15) is 13.2 Å². The Balaban J connectivity index is 1.13. The third kappa shape index (κ3) is 6.19. The van der Waals surface area contributed by atoms with E-state index in [0.717, 1.165) is 49.0 Å². The van der Waals surface area contributed by atoms with Crippen molar-refractivity contribution in [1.82, 2.24) is 19.8 Å². The maximum Gasteiger partial charge on any atom is 0.416 e. The average molecular weight is 583 g/mol. The van der Waals surface area contributed by atoms with Crippen molar-refractivity contribution in [3.8, 4) is 11.5 Å². The van der Waals surface area contributed by atoms with Gasteiger partial charge in [-0.1, -0.05) is 6.07 Å². The number of amides is 2. The number of piperazine rings is 1. The normalized spacial score (nSPS) is 16.5. The third-order valence-corrected chi connectivity index (χ3v) is 7.66. The maximum atomic E-state index is 14.9. The van der Waals surface area contributed by atoms with Crippen LogP contribution in [0.4, 0.5) is 33.7 Å². The molecule has 0 atom stereocenters. The Bertz CT molecular complexity index is 1610. The minimum absolute atomic E-state index is 0.0537. The summed E-state index contributed by atoms with van der Waals surface area (Å²) in [6.45, 7) is 3.07. The van der Waals surface area contributed by atoms with E-state index in [1.807, 2.05) is 18.1 Å². The lowest BCUT2D eigenvalue weighted by Crippen LogP contribution is -2.44. The van der Waals surface area contributed by atoms with Crippen molar-refractivity contribution in [3.63, 3.8) is 0 Å². The number of H-pyrrole nitrogens is 1. The highest BCUT2D eigenvalue weighted by molar-refractivity contribution is 6.00. The summed E-state index contributed by atoms with van der Waals surface area (Å²) in [5, 5.41) is 5.60. The fourth-order valence-electron chi connectivity index (χ4n) is 5.23.